The lowest BCUT2D eigenvalue weighted by atomic mass is 10.1. The number of piperazine rings is 1. The summed E-state index contributed by atoms with van der Waals surface area (Å²) in [5.74, 6) is 0.113. The van der Waals surface area contributed by atoms with Crippen molar-refractivity contribution in [2.75, 3.05) is 44.8 Å². The molecule has 1 saturated heterocycles. The fourth-order valence-corrected chi connectivity index (χ4v) is 5.87. The van der Waals surface area contributed by atoms with Crippen molar-refractivity contribution in [1.82, 2.24) is 14.1 Å². The van der Waals surface area contributed by atoms with Gasteiger partial charge in [0.1, 0.15) is 5.69 Å². The maximum atomic E-state index is 13.6. The van der Waals surface area contributed by atoms with Crippen LogP contribution in [0.5, 0.6) is 5.75 Å². The Balaban J connectivity index is 1.56. The van der Waals surface area contributed by atoms with Crippen LogP contribution >= 0.6 is 11.6 Å². The van der Waals surface area contributed by atoms with E-state index in [0.29, 0.717) is 49.0 Å². The van der Waals surface area contributed by atoms with E-state index in [4.69, 9.17) is 21.1 Å². The summed E-state index contributed by atoms with van der Waals surface area (Å²) in [4.78, 5) is 15.5. The van der Waals surface area contributed by atoms with E-state index in [2.05, 4.69) is 5.10 Å². The van der Waals surface area contributed by atoms with Gasteiger partial charge in [-0.3, -0.25) is 4.79 Å². The highest BCUT2D eigenvalue weighted by molar-refractivity contribution is 7.88. The Morgan fingerprint density at radius 2 is 1.74 bits per heavy atom. The molecule has 2 heterocycles. The number of anilines is 1. The van der Waals surface area contributed by atoms with Crippen molar-refractivity contribution in [2.45, 2.75) is 31.6 Å². The predicted octanol–water partition coefficient (Wildman–Crippen LogP) is 3.73. The van der Waals surface area contributed by atoms with Crippen LogP contribution in [0.2, 0.25) is 5.02 Å². The fraction of sp³-hybridized carbons (Fsp3) is 0.407. The van der Waals surface area contributed by atoms with E-state index in [1.165, 1.54) is 8.99 Å². The van der Waals surface area contributed by atoms with Gasteiger partial charge in [-0.2, -0.15) is 14.1 Å². The number of ether oxygens (including phenoxy) is 2. The normalized spacial score (nSPS) is 15.0. The van der Waals surface area contributed by atoms with E-state index in [9.17, 15) is 13.2 Å². The summed E-state index contributed by atoms with van der Waals surface area (Å²) in [6.45, 7) is 5.54. The molecular formula is C27H33ClN4O5S. The highest BCUT2D eigenvalue weighted by Gasteiger charge is 2.30. The van der Waals surface area contributed by atoms with Gasteiger partial charge < -0.3 is 14.4 Å². The number of hydrogen-bond acceptors (Lipinski definition) is 7. The van der Waals surface area contributed by atoms with Crippen LogP contribution in [0, 0.1) is 0 Å². The molecule has 0 aliphatic carbocycles. The Bertz CT molecular complexity index is 1400. The van der Waals surface area contributed by atoms with Gasteiger partial charge in [0.2, 0.25) is 15.8 Å². The van der Waals surface area contributed by atoms with Crippen molar-refractivity contribution in [3.05, 3.63) is 81.7 Å². The Kier molecular flexibility index (Phi) is 8.77. The van der Waals surface area contributed by atoms with Crippen LogP contribution < -0.4 is 15.2 Å². The monoisotopic (exact) mass is 560 g/mol. The van der Waals surface area contributed by atoms with E-state index in [0.717, 1.165) is 5.56 Å². The van der Waals surface area contributed by atoms with Gasteiger partial charge in [-0.1, -0.05) is 48.0 Å². The Morgan fingerprint density at radius 3 is 2.39 bits per heavy atom. The summed E-state index contributed by atoms with van der Waals surface area (Å²) in [5, 5.41) is 4.87. The molecule has 0 N–H and O–H groups in total. The molecule has 3 aromatic rings. The molecule has 4 rings (SSSR count). The van der Waals surface area contributed by atoms with Crippen molar-refractivity contribution in [2.24, 2.45) is 0 Å². The van der Waals surface area contributed by atoms with Crippen molar-refractivity contribution in [3.8, 4) is 11.4 Å². The number of nitrogens with zero attached hydrogens (tertiary/aromatic N) is 4. The minimum atomic E-state index is -3.47. The number of hydrogen-bond donors (Lipinski definition) is 0. The van der Waals surface area contributed by atoms with E-state index >= 15 is 0 Å². The van der Waals surface area contributed by atoms with Gasteiger partial charge in [-0.05, 0) is 37.6 Å². The average Bonchev–Trinajstić information content (AvgIpc) is 2.90. The third-order valence-electron chi connectivity index (χ3n) is 6.64. The second-order valence-electron chi connectivity index (χ2n) is 9.75. The zero-order valence-corrected chi connectivity index (χ0v) is 23.4. The molecule has 1 aliphatic heterocycles. The van der Waals surface area contributed by atoms with Crippen molar-refractivity contribution in [1.29, 1.82) is 0 Å². The molecule has 0 spiro atoms. The van der Waals surface area contributed by atoms with Crippen LogP contribution in [0.15, 0.2) is 65.6 Å². The summed E-state index contributed by atoms with van der Waals surface area (Å²) >= 11 is 6.14. The highest BCUT2D eigenvalue weighted by Crippen LogP contribution is 2.27. The van der Waals surface area contributed by atoms with Gasteiger partial charge in [-0.25, -0.2) is 8.42 Å². The second-order valence-corrected chi connectivity index (χ2v) is 12.2. The topological polar surface area (TPSA) is 94.0 Å². The van der Waals surface area contributed by atoms with Gasteiger partial charge in [0, 0.05) is 44.7 Å². The van der Waals surface area contributed by atoms with E-state index in [-0.39, 0.29) is 18.1 Å². The molecule has 0 atom stereocenters. The van der Waals surface area contributed by atoms with Crippen LogP contribution in [-0.4, -0.2) is 68.0 Å². The molecule has 9 nitrogen and oxygen atoms in total. The number of benzene rings is 2. The largest absolute Gasteiger partial charge is 0.486 e. The van der Waals surface area contributed by atoms with Crippen LogP contribution in [-0.2, 0) is 20.5 Å². The van der Waals surface area contributed by atoms with Gasteiger partial charge in [0.25, 0.3) is 0 Å². The summed E-state index contributed by atoms with van der Waals surface area (Å²) in [6, 6.07) is 16.0. The first kappa shape index (κ1) is 28.1. The van der Waals surface area contributed by atoms with Crippen LogP contribution in [0.1, 0.15) is 25.8 Å². The molecule has 38 heavy (non-hydrogen) atoms. The highest BCUT2D eigenvalue weighted by atomic mass is 35.5. The quantitative estimate of drug-likeness (QED) is 0.373. The summed E-state index contributed by atoms with van der Waals surface area (Å²) in [6.07, 6.45) is 2.15. The molecule has 0 saturated carbocycles. The Labute approximate surface area is 228 Å². The van der Waals surface area contributed by atoms with E-state index in [1.807, 2.05) is 49.1 Å². The minimum Gasteiger partial charge on any atom is -0.486 e. The lowest BCUT2D eigenvalue weighted by Gasteiger charge is -2.35. The number of rotatable bonds is 10. The number of halogens is 1. The van der Waals surface area contributed by atoms with Crippen molar-refractivity contribution < 1.29 is 17.9 Å². The van der Waals surface area contributed by atoms with Gasteiger partial charge in [0.05, 0.1) is 29.8 Å². The van der Waals surface area contributed by atoms with Gasteiger partial charge in [0.15, 0.2) is 0 Å². The standard InChI is InChI=1S/C27H33ClN4O5S/c1-27(2,36-3)12-17-37-25-24(19-29-32(26(25)33)23-11-7-10-22(28)18-23)30-13-15-31(16-14-30)38(34,35)20-21-8-5-4-6-9-21/h4-11,18-19H,12-17,20H2,1-3H3. The van der Waals surface area contributed by atoms with Crippen LogP contribution in [0.25, 0.3) is 5.69 Å². The molecular weight excluding hydrogens is 528 g/mol. The van der Waals surface area contributed by atoms with E-state index in [1.54, 1.807) is 37.6 Å². The zero-order chi connectivity index (χ0) is 27.3. The summed E-state index contributed by atoms with van der Waals surface area (Å²) < 4.78 is 40.3. The average molecular weight is 561 g/mol. The first-order valence-corrected chi connectivity index (χ1v) is 14.4. The SMILES string of the molecule is COC(C)(C)CCOc1c(N2CCN(S(=O)(=O)Cc3ccccc3)CC2)cnn(-c2cccc(Cl)c2)c1=O. The Hall–Kier alpha value is -2.92. The smallest absolute Gasteiger partial charge is 0.316 e. The molecule has 204 valence electrons. The molecule has 1 fully saturated rings. The lowest BCUT2D eigenvalue weighted by molar-refractivity contribution is 0.00532. The molecule has 2 aromatic carbocycles. The fourth-order valence-electron chi connectivity index (χ4n) is 4.17. The first-order valence-electron chi connectivity index (χ1n) is 12.4. The molecule has 0 bridgehead atoms. The van der Waals surface area contributed by atoms with Gasteiger partial charge in [-0.15, -0.1) is 0 Å². The van der Waals surface area contributed by atoms with Crippen LogP contribution in [0.3, 0.4) is 0 Å². The van der Waals surface area contributed by atoms with Crippen LogP contribution in [0.4, 0.5) is 5.69 Å². The Morgan fingerprint density at radius 1 is 1.03 bits per heavy atom. The van der Waals surface area contributed by atoms with Crippen molar-refractivity contribution >= 4 is 27.3 Å². The summed E-state index contributed by atoms with van der Waals surface area (Å²) in [7, 11) is -1.84. The molecule has 1 aliphatic rings. The lowest BCUT2D eigenvalue weighted by Crippen LogP contribution is -2.49. The summed E-state index contributed by atoms with van der Waals surface area (Å²) in [5.41, 5.74) is 0.965. The third-order valence-corrected chi connectivity index (χ3v) is 8.72. The first-order chi connectivity index (χ1) is 18.1. The molecule has 11 heteroatoms. The zero-order valence-electron chi connectivity index (χ0n) is 21.8. The molecule has 0 unspecified atom stereocenters. The number of aromatic nitrogens is 2. The second kappa shape index (κ2) is 11.9. The third kappa shape index (κ3) is 6.74. The number of sulfonamides is 1. The maximum absolute atomic E-state index is 13.6. The predicted molar refractivity (Wildman–Crippen MR) is 149 cm³/mol. The molecule has 1 aromatic heterocycles. The maximum Gasteiger partial charge on any atom is 0.316 e. The number of methoxy groups -OCH3 is 1. The van der Waals surface area contributed by atoms with E-state index < -0.39 is 21.2 Å². The minimum absolute atomic E-state index is 0.0469. The van der Waals surface area contributed by atoms with Gasteiger partial charge >= 0.3 is 5.56 Å². The van der Waals surface area contributed by atoms with Crippen molar-refractivity contribution in [3.63, 3.8) is 0 Å². The molecule has 0 radical (unpaired) electrons. The molecule has 0 amide bonds.